The molecule has 0 heterocycles. The van der Waals surface area contributed by atoms with Gasteiger partial charge in [-0.1, -0.05) is 12.8 Å². The topological polar surface area (TPSA) is 46.5 Å². The Balaban J connectivity index is 2.71. The van der Waals surface area contributed by atoms with E-state index in [9.17, 15) is 23.1 Å². The Morgan fingerprint density at radius 2 is 1.90 bits per heavy atom. The van der Waals surface area contributed by atoms with Gasteiger partial charge < -0.3 is 9.84 Å². The normalized spacial score (nSPS) is 17.8. The van der Waals surface area contributed by atoms with E-state index in [1.165, 1.54) is 7.11 Å². The zero-order valence-corrected chi connectivity index (χ0v) is 11.9. The lowest BCUT2D eigenvalue weighted by Gasteiger charge is -2.28. The van der Waals surface area contributed by atoms with Crippen molar-refractivity contribution in [1.29, 1.82) is 0 Å². The van der Waals surface area contributed by atoms with Crippen molar-refractivity contribution in [1.82, 2.24) is 0 Å². The molecule has 0 aromatic heterocycles. The number of benzene rings is 1. The van der Waals surface area contributed by atoms with Gasteiger partial charge in [0.25, 0.3) is 5.92 Å². The van der Waals surface area contributed by atoms with Gasteiger partial charge in [0.2, 0.25) is 0 Å². The van der Waals surface area contributed by atoms with Gasteiger partial charge >= 0.3 is 5.97 Å². The second-order valence-corrected chi connectivity index (χ2v) is 5.52. The highest BCUT2D eigenvalue weighted by Crippen LogP contribution is 2.47. The third-order valence-corrected chi connectivity index (χ3v) is 4.14. The van der Waals surface area contributed by atoms with E-state index in [1.807, 2.05) is 0 Å². The van der Waals surface area contributed by atoms with Crippen LogP contribution in [0.3, 0.4) is 0 Å². The molecule has 0 bridgehead atoms. The Kier molecular flexibility index (Phi) is 3.91. The smallest absolute Gasteiger partial charge is 0.314 e. The molecule has 0 atom stereocenters. The molecular weight excluding hydrogens is 285 g/mol. The SMILES string of the molecule is COc1c(F)cc(C(C)(F)F)cc1C1(C(=O)O)CCCC1. The van der Waals surface area contributed by atoms with Gasteiger partial charge in [-0.15, -0.1) is 0 Å². The van der Waals surface area contributed by atoms with Crippen LogP contribution in [0, 0.1) is 5.82 Å². The molecular formula is C15H17F3O3. The summed E-state index contributed by atoms with van der Waals surface area (Å²) >= 11 is 0. The van der Waals surface area contributed by atoms with Crippen LogP contribution in [0.1, 0.15) is 43.7 Å². The van der Waals surface area contributed by atoms with E-state index in [2.05, 4.69) is 0 Å². The molecule has 0 aliphatic heterocycles. The third kappa shape index (κ3) is 2.59. The van der Waals surface area contributed by atoms with Crippen molar-refractivity contribution in [2.75, 3.05) is 7.11 Å². The summed E-state index contributed by atoms with van der Waals surface area (Å²) in [5.74, 6) is -5.60. The van der Waals surface area contributed by atoms with Crippen LogP contribution < -0.4 is 4.74 Å². The number of halogens is 3. The molecule has 1 N–H and O–H groups in total. The predicted octanol–water partition coefficient (Wildman–Crippen LogP) is 3.84. The molecule has 1 aliphatic carbocycles. The summed E-state index contributed by atoms with van der Waals surface area (Å²) in [4.78, 5) is 11.7. The van der Waals surface area contributed by atoms with E-state index >= 15 is 0 Å². The molecule has 0 spiro atoms. The highest BCUT2D eigenvalue weighted by molar-refractivity contribution is 5.83. The van der Waals surface area contributed by atoms with E-state index in [0.717, 1.165) is 6.07 Å². The van der Waals surface area contributed by atoms with Crippen molar-refractivity contribution in [2.24, 2.45) is 0 Å². The van der Waals surface area contributed by atoms with Crippen molar-refractivity contribution >= 4 is 5.97 Å². The fourth-order valence-electron chi connectivity index (χ4n) is 2.99. The van der Waals surface area contributed by atoms with Crippen LogP contribution in [0.5, 0.6) is 5.75 Å². The lowest BCUT2D eigenvalue weighted by molar-refractivity contribution is -0.143. The summed E-state index contributed by atoms with van der Waals surface area (Å²) in [7, 11) is 1.20. The zero-order valence-electron chi connectivity index (χ0n) is 11.9. The second kappa shape index (κ2) is 5.24. The number of carboxylic acid groups (broad SMARTS) is 1. The quantitative estimate of drug-likeness (QED) is 0.919. The standard InChI is InChI=1S/C15H17F3O3/c1-14(17,18)9-7-10(12(21-2)11(16)8-9)15(13(19)20)5-3-4-6-15/h7-8H,3-6H2,1-2H3,(H,19,20). The molecule has 1 aromatic rings. The monoisotopic (exact) mass is 302 g/mol. The van der Waals surface area contributed by atoms with E-state index in [1.54, 1.807) is 0 Å². The molecule has 0 unspecified atom stereocenters. The van der Waals surface area contributed by atoms with Crippen molar-refractivity contribution < 1.29 is 27.8 Å². The van der Waals surface area contributed by atoms with Gasteiger partial charge in [-0.2, -0.15) is 0 Å². The van der Waals surface area contributed by atoms with Gasteiger partial charge in [0.15, 0.2) is 11.6 Å². The lowest BCUT2D eigenvalue weighted by Crippen LogP contribution is -2.33. The maximum Gasteiger partial charge on any atom is 0.314 e. The van der Waals surface area contributed by atoms with Crippen molar-refractivity contribution in [3.63, 3.8) is 0 Å². The van der Waals surface area contributed by atoms with Crippen LogP contribution in [0.25, 0.3) is 0 Å². The molecule has 116 valence electrons. The van der Waals surface area contributed by atoms with Gasteiger partial charge in [-0.05, 0) is 25.0 Å². The number of ether oxygens (including phenoxy) is 1. The summed E-state index contributed by atoms with van der Waals surface area (Å²) < 4.78 is 46.0. The maximum atomic E-state index is 14.1. The first kappa shape index (κ1) is 15.7. The molecule has 3 nitrogen and oxygen atoms in total. The summed E-state index contributed by atoms with van der Waals surface area (Å²) in [5, 5.41) is 9.56. The Hall–Kier alpha value is -1.72. The van der Waals surface area contributed by atoms with E-state index in [-0.39, 0.29) is 24.2 Å². The van der Waals surface area contributed by atoms with Gasteiger partial charge in [-0.25, -0.2) is 13.2 Å². The third-order valence-electron chi connectivity index (χ3n) is 4.14. The molecule has 1 fully saturated rings. The summed E-state index contributed by atoms with van der Waals surface area (Å²) in [6, 6.07) is 1.77. The fourth-order valence-corrected chi connectivity index (χ4v) is 2.99. The summed E-state index contributed by atoms with van der Waals surface area (Å²) in [6.07, 6.45) is 1.89. The number of hydrogen-bond donors (Lipinski definition) is 1. The average Bonchev–Trinajstić information content (AvgIpc) is 2.87. The number of aliphatic carboxylic acids is 1. The first-order valence-electron chi connectivity index (χ1n) is 6.72. The van der Waals surface area contributed by atoms with Crippen molar-refractivity contribution in [2.45, 2.75) is 43.9 Å². The van der Waals surface area contributed by atoms with Crippen LogP contribution in [-0.4, -0.2) is 18.2 Å². The predicted molar refractivity (Wildman–Crippen MR) is 70.3 cm³/mol. The van der Waals surface area contributed by atoms with E-state index in [4.69, 9.17) is 4.74 Å². The highest BCUT2D eigenvalue weighted by Gasteiger charge is 2.46. The first-order valence-corrected chi connectivity index (χ1v) is 6.72. The van der Waals surface area contributed by atoms with E-state index in [0.29, 0.717) is 25.8 Å². The number of carbonyl (C=O) groups is 1. The Morgan fingerprint density at radius 3 is 2.33 bits per heavy atom. The Bertz CT molecular complexity index is 558. The minimum Gasteiger partial charge on any atom is -0.493 e. The van der Waals surface area contributed by atoms with Gasteiger partial charge in [0, 0.05) is 18.1 Å². The van der Waals surface area contributed by atoms with E-state index < -0.39 is 28.7 Å². The molecule has 2 rings (SSSR count). The summed E-state index contributed by atoms with van der Waals surface area (Å²) in [5.41, 5.74) is -1.89. The number of rotatable bonds is 4. The largest absolute Gasteiger partial charge is 0.493 e. The average molecular weight is 302 g/mol. The number of hydrogen-bond acceptors (Lipinski definition) is 2. The van der Waals surface area contributed by atoms with Crippen LogP contribution in [-0.2, 0) is 16.1 Å². The van der Waals surface area contributed by atoms with Crippen LogP contribution in [0.15, 0.2) is 12.1 Å². The lowest BCUT2D eigenvalue weighted by atomic mass is 9.77. The number of alkyl halides is 2. The molecule has 0 amide bonds. The van der Waals surface area contributed by atoms with Gasteiger partial charge in [-0.3, -0.25) is 4.79 Å². The Morgan fingerprint density at radius 1 is 1.33 bits per heavy atom. The van der Waals surface area contributed by atoms with Gasteiger partial charge in [0.1, 0.15) is 0 Å². The fraction of sp³-hybridized carbons (Fsp3) is 0.533. The zero-order chi connectivity index (χ0) is 15.8. The second-order valence-electron chi connectivity index (χ2n) is 5.52. The minimum atomic E-state index is -3.25. The maximum absolute atomic E-state index is 14.1. The number of methoxy groups -OCH3 is 1. The molecule has 0 radical (unpaired) electrons. The first-order chi connectivity index (χ1) is 9.72. The highest BCUT2D eigenvalue weighted by atomic mass is 19.3. The van der Waals surface area contributed by atoms with Crippen LogP contribution in [0.2, 0.25) is 0 Å². The summed E-state index contributed by atoms with van der Waals surface area (Å²) in [6.45, 7) is 0.653. The number of carboxylic acids is 1. The molecule has 21 heavy (non-hydrogen) atoms. The molecule has 1 aromatic carbocycles. The Labute approximate surface area is 120 Å². The van der Waals surface area contributed by atoms with Crippen molar-refractivity contribution in [3.8, 4) is 5.75 Å². The van der Waals surface area contributed by atoms with Crippen LogP contribution in [0.4, 0.5) is 13.2 Å². The molecule has 0 saturated heterocycles. The van der Waals surface area contributed by atoms with Gasteiger partial charge in [0.05, 0.1) is 12.5 Å². The van der Waals surface area contributed by atoms with Crippen molar-refractivity contribution in [3.05, 3.63) is 29.1 Å². The minimum absolute atomic E-state index is 0.00604. The molecule has 6 heteroatoms. The molecule has 1 aliphatic rings. The molecule has 1 saturated carbocycles. The van der Waals surface area contributed by atoms with Crippen LogP contribution >= 0.6 is 0 Å².